The molecule has 0 aliphatic rings. The van der Waals surface area contributed by atoms with E-state index in [-0.39, 0.29) is 6.04 Å². The summed E-state index contributed by atoms with van der Waals surface area (Å²) in [6.07, 6.45) is 0.745. The van der Waals surface area contributed by atoms with E-state index in [0.717, 1.165) is 12.0 Å². The van der Waals surface area contributed by atoms with E-state index in [9.17, 15) is 5.73 Å². The van der Waals surface area contributed by atoms with Crippen molar-refractivity contribution in [3.63, 3.8) is 0 Å². The van der Waals surface area contributed by atoms with E-state index in [2.05, 4.69) is 0 Å². The van der Waals surface area contributed by atoms with Crippen LogP contribution in [0.1, 0.15) is 18.9 Å². The topological polar surface area (TPSA) is 31.5 Å². The Labute approximate surface area is 79.7 Å². The Balaban J connectivity index is 2.20. The lowest BCUT2D eigenvalue weighted by molar-refractivity contribution is 0.105. The minimum Gasteiger partial charge on any atom is -0.375 e. The molecule has 1 atom stereocenters. The zero-order chi connectivity index (χ0) is 9.52. The van der Waals surface area contributed by atoms with Crippen molar-refractivity contribution < 1.29 is 4.74 Å². The van der Waals surface area contributed by atoms with Crippen molar-refractivity contribution in [1.82, 2.24) is 5.73 Å². The van der Waals surface area contributed by atoms with E-state index < -0.39 is 0 Å². The van der Waals surface area contributed by atoms with Crippen LogP contribution in [-0.4, -0.2) is 12.6 Å². The van der Waals surface area contributed by atoms with Crippen LogP contribution in [0.2, 0.25) is 0 Å². The van der Waals surface area contributed by atoms with Crippen LogP contribution in [0.15, 0.2) is 30.3 Å². The third-order valence-electron chi connectivity index (χ3n) is 1.89. The van der Waals surface area contributed by atoms with Gasteiger partial charge in [0.25, 0.3) is 0 Å². The Morgan fingerprint density at radius 2 is 2.00 bits per heavy atom. The van der Waals surface area contributed by atoms with Gasteiger partial charge in [-0.25, -0.2) is 0 Å². The molecule has 13 heavy (non-hydrogen) atoms. The van der Waals surface area contributed by atoms with Crippen LogP contribution < -0.4 is 5.73 Å². The zero-order valence-corrected chi connectivity index (χ0v) is 7.94. The van der Waals surface area contributed by atoms with Crippen molar-refractivity contribution in [2.75, 3.05) is 6.61 Å². The van der Waals surface area contributed by atoms with Gasteiger partial charge in [0, 0.05) is 0 Å². The molecular weight excluding hydrogens is 162 g/mol. The van der Waals surface area contributed by atoms with Crippen LogP contribution >= 0.6 is 0 Å². The molecule has 0 fully saturated rings. The van der Waals surface area contributed by atoms with Crippen LogP contribution in [0.5, 0.6) is 0 Å². The van der Waals surface area contributed by atoms with Crippen LogP contribution in [0.4, 0.5) is 0 Å². The molecular formula is C11H15NO. The van der Waals surface area contributed by atoms with Gasteiger partial charge in [0.05, 0.1) is 19.3 Å². The summed E-state index contributed by atoms with van der Waals surface area (Å²) < 4.78 is 5.32. The van der Waals surface area contributed by atoms with Gasteiger partial charge in [-0.15, -0.1) is 5.73 Å². The molecule has 0 aliphatic carbocycles. The molecule has 0 amide bonds. The van der Waals surface area contributed by atoms with E-state index in [4.69, 9.17) is 4.74 Å². The predicted molar refractivity (Wildman–Crippen MR) is 52.3 cm³/mol. The van der Waals surface area contributed by atoms with Crippen LogP contribution in [0.25, 0.3) is 0 Å². The van der Waals surface area contributed by atoms with Gasteiger partial charge >= 0.3 is 0 Å². The van der Waals surface area contributed by atoms with Gasteiger partial charge in [-0.2, -0.15) is 0 Å². The second-order valence-electron chi connectivity index (χ2n) is 3.06. The van der Waals surface area contributed by atoms with Gasteiger partial charge in [0.15, 0.2) is 0 Å². The van der Waals surface area contributed by atoms with Gasteiger partial charge in [-0.3, -0.25) is 0 Å². The van der Waals surface area contributed by atoms with E-state index in [1.54, 1.807) is 0 Å². The molecule has 1 aromatic carbocycles. The SMILES string of the molecule is CC[C@H]([N])COCc1ccccc1. The van der Waals surface area contributed by atoms with Gasteiger partial charge in [0.2, 0.25) is 0 Å². The van der Waals surface area contributed by atoms with Crippen LogP contribution in [0, 0.1) is 0 Å². The minimum absolute atomic E-state index is 0.330. The fourth-order valence-corrected chi connectivity index (χ4v) is 1.00. The number of rotatable bonds is 5. The molecule has 0 aliphatic heterocycles. The molecule has 2 radical (unpaired) electrons. The number of ether oxygens (including phenoxy) is 1. The van der Waals surface area contributed by atoms with Gasteiger partial charge in [-0.1, -0.05) is 37.3 Å². The first-order chi connectivity index (χ1) is 6.33. The van der Waals surface area contributed by atoms with Crippen LogP contribution in [0.3, 0.4) is 0 Å². The Bertz CT molecular complexity index is 223. The van der Waals surface area contributed by atoms with Crippen molar-refractivity contribution in [2.24, 2.45) is 0 Å². The molecule has 0 unspecified atom stereocenters. The molecule has 0 saturated heterocycles. The van der Waals surface area contributed by atoms with Crippen molar-refractivity contribution in [2.45, 2.75) is 26.0 Å². The summed E-state index contributed by atoms with van der Waals surface area (Å²) in [7, 11) is 0. The number of nitrogens with zero attached hydrogens (tertiary/aromatic N) is 1. The first-order valence-corrected chi connectivity index (χ1v) is 4.62. The Morgan fingerprint density at radius 3 is 2.62 bits per heavy atom. The second kappa shape index (κ2) is 5.73. The molecule has 1 aromatic rings. The smallest absolute Gasteiger partial charge is 0.0717 e. The average molecular weight is 177 g/mol. The summed E-state index contributed by atoms with van der Waals surface area (Å²) in [5, 5.41) is 0. The highest BCUT2D eigenvalue weighted by Gasteiger charge is 2.00. The monoisotopic (exact) mass is 177 g/mol. The average Bonchev–Trinajstić information content (AvgIpc) is 2.19. The van der Waals surface area contributed by atoms with Crippen LogP contribution in [-0.2, 0) is 11.3 Å². The molecule has 2 nitrogen and oxygen atoms in total. The summed E-state index contributed by atoms with van der Waals surface area (Å²) in [4.78, 5) is 0. The fourth-order valence-electron chi connectivity index (χ4n) is 1.00. The second-order valence-corrected chi connectivity index (χ2v) is 3.06. The summed E-state index contributed by atoms with van der Waals surface area (Å²) in [5.41, 5.74) is 10.4. The minimum atomic E-state index is -0.330. The molecule has 1 rings (SSSR count). The van der Waals surface area contributed by atoms with Crippen molar-refractivity contribution in [1.29, 1.82) is 0 Å². The first-order valence-electron chi connectivity index (χ1n) is 4.62. The Hall–Kier alpha value is -0.860. The quantitative estimate of drug-likeness (QED) is 0.677. The summed E-state index contributed by atoms with van der Waals surface area (Å²) in [6.45, 7) is 2.94. The standard InChI is InChI=1S/C11H15NO/c1-2-11(12)9-13-8-10-6-4-3-5-7-10/h3-7,11H,2,8-9H2,1H3/t11-/m0/s1. The summed E-state index contributed by atoms with van der Waals surface area (Å²) in [5.74, 6) is 0. The number of hydrogen-bond acceptors (Lipinski definition) is 1. The molecule has 2 heteroatoms. The largest absolute Gasteiger partial charge is 0.375 e. The van der Waals surface area contributed by atoms with Gasteiger partial charge in [-0.05, 0) is 12.0 Å². The molecule has 0 spiro atoms. The molecule has 0 heterocycles. The van der Waals surface area contributed by atoms with E-state index in [0.29, 0.717) is 13.2 Å². The lowest BCUT2D eigenvalue weighted by Crippen LogP contribution is -2.15. The lowest BCUT2D eigenvalue weighted by Gasteiger charge is -2.07. The molecule has 0 aromatic heterocycles. The maximum atomic E-state index is 9.21. The Kier molecular flexibility index (Phi) is 4.50. The molecule has 0 N–H and O–H groups in total. The summed E-state index contributed by atoms with van der Waals surface area (Å²) in [6, 6.07) is 9.63. The van der Waals surface area contributed by atoms with E-state index >= 15 is 0 Å². The van der Waals surface area contributed by atoms with Gasteiger partial charge in [0.1, 0.15) is 0 Å². The first kappa shape index (κ1) is 10.2. The highest BCUT2D eigenvalue weighted by molar-refractivity contribution is 5.13. The number of benzene rings is 1. The number of hydrogen-bond donors (Lipinski definition) is 0. The summed E-state index contributed by atoms with van der Waals surface area (Å²) >= 11 is 0. The van der Waals surface area contributed by atoms with Crippen molar-refractivity contribution in [3.8, 4) is 0 Å². The Morgan fingerprint density at radius 1 is 1.31 bits per heavy atom. The fraction of sp³-hybridized carbons (Fsp3) is 0.455. The third kappa shape index (κ3) is 4.06. The molecule has 0 saturated carbocycles. The maximum Gasteiger partial charge on any atom is 0.0717 e. The van der Waals surface area contributed by atoms with Crippen molar-refractivity contribution in [3.05, 3.63) is 35.9 Å². The molecule has 0 bridgehead atoms. The maximum absolute atomic E-state index is 9.21. The highest BCUT2D eigenvalue weighted by Crippen LogP contribution is 2.01. The van der Waals surface area contributed by atoms with Gasteiger partial charge < -0.3 is 4.74 Å². The van der Waals surface area contributed by atoms with E-state index in [1.165, 1.54) is 0 Å². The van der Waals surface area contributed by atoms with E-state index in [1.807, 2.05) is 37.3 Å². The molecule has 70 valence electrons. The third-order valence-corrected chi connectivity index (χ3v) is 1.89. The lowest BCUT2D eigenvalue weighted by atomic mass is 10.2. The van der Waals surface area contributed by atoms with Crippen molar-refractivity contribution >= 4 is 0 Å². The zero-order valence-electron chi connectivity index (χ0n) is 7.94. The highest BCUT2D eigenvalue weighted by atomic mass is 16.5. The predicted octanol–water partition coefficient (Wildman–Crippen LogP) is 2.05. The normalized spacial score (nSPS) is 12.8.